The molecule has 3 atom stereocenters. The molecule has 2 N–H and O–H groups in total. The Morgan fingerprint density at radius 2 is 2.15 bits per heavy atom. The van der Waals surface area contributed by atoms with Crippen LogP contribution in [0.1, 0.15) is 39.2 Å². The molecule has 1 aromatic rings. The molecule has 1 aliphatic heterocycles. The lowest BCUT2D eigenvalue weighted by atomic mass is 9.78. The van der Waals surface area contributed by atoms with E-state index >= 15 is 0 Å². The van der Waals surface area contributed by atoms with Crippen LogP contribution in [-0.4, -0.2) is 28.7 Å². The van der Waals surface area contributed by atoms with Crippen LogP contribution < -0.4 is 16.2 Å². The zero-order valence-corrected chi connectivity index (χ0v) is 12.3. The molecule has 0 amide bonds. The van der Waals surface area contributed by atoms with Crippen molar-refractivity contribution in [1.82, 2.24) is 9.55 Å². The van der Waals surface area contributed by atoms with E-state index in [1.807, 2.05) is 13.8 Å². The van der Waals surface area contributed by atoms with Crippen molar-refractivity contribution in [2.24, 2.45) is 17.6 Å². The van der Waals surface area contributed by atoms with E-state index in [0.717, 1.165) is 19.5 Å². The number of fused-ring (bicyclic) bond motifs is 1. The predicted molar refractivity (Wildman–Crippen MR) is 79.9 cm³/mol. The van der Waals surface area contributed by atoms with Gasteiger partial charge in [0.2, 0.25) is 0 Å². The first kappa shape index (κ1) is 13.6. The fourth-order valence-corrected chi connectivity index (χ4v) is 3.73. The van der Waals surface area contributed by atoms with Crippen molar-refractivity contribution in [2.75, 3.05) is 18.0 Å². The molecule has 2 aliphatic rings. The molecule has 1 saturated heterocycles. The number of hydrogen-bond acceptors (Lipinski definition) is 4. The Labute approximate surface area is 119 Å². The minimum Gasteiger partial charge on any atom is -0.351 e. The molecule has 2 heterocycles. The quantitative estimate of drug-likeness (QED) is 0.886. The van der Waals surface area contributed by atoms with Gasteiger partial charge >= 0.3 is 0 Å². The molecule has 3 unspecified atom stereocenters. The van der Waals surface area contributed by atoms with Gasteiger partial charge in [0.25, 0.3) is 5.56 Å². The minimum atomic E-state index is 0.0229. The maximum absolute atomic E-state index is 12.5. The van der Waals surface area contributed by atoms with Crippen molar-refractivity contribution in [2.45, 2.75) is 45.2 Å². The lowest BCUT2D eigenvalue weighted by Crippen LogP contribution is -2.38. The Hall–Kier alpha value is -1.36. The monoisotopic (exact) mass is 276 g/mol. The fourth-order valence-electron chi connectivity index (χ4n) is 3.73. The maximum atomic E-state index is 12.5. The number of aromatic nitrogens is 2. The molecule has 0 aromatic carbocycles. The third-order valence-corrected chi connectivity index (χ3v) is 4.86. The highest BCUT2D eigenvalue weighted by Gasteiger charge is 2.39. The van der Waals surface area contributed by atoms with Crippen LogP contribution in [-0.2, 0) is 0 Å². The summed E-state index contributed by atoms with van der Waals surface area (Å²) in [6, 6.07) is 0.450. The van der Waals surface area contributed by atoms with Gasteiger partial charge in [0.15, 0.2) is 5.82 Å². The summed E-state index contributed by atoms with van der Waals surface area (Å²) in [5, 5.41) is 0. The van der Waals surface area contributed by atoms with Crippen LogP contribution in [0.5, 0.6) is 0 Å². The third kappa shape index (κ3) is 2.24. The van der Waals surface area contributed by atoms with Crippen molar-refractivity contribution in [3.63, 3.8) is 0 Å². The summed E-state index contributed by atoms with van der Waals surface area (Å²) < 4.78 is 1.75. The van der Waals surface area contributed by atoms with Gasteiger partial charge in [-0.3, -0.25) is 4.79 Å². The summed E-state index contributed by atoms with van der Waals surface area (Å²) in [7, 11) is 0. The molecule has 5 nitrogen and oxygen atoms in total. The van der Waals surface area contributed by atoms with Gasteiger partial charge in [-0.05, 0) is 38.5 Å². The first-order chi connectivity index (χ1) is 9.58. The van der Waals surface area contributed by atoms with Crippen LogP contribution in [0.3, 0.4) is 0 Å². The highest BCUT2D eigenvalue weighted by Crippen LogP contribution is 2.36. The summed E-state index contributed by atoms with van der Waals surface area (Å²) in [6.45, 7) is 5.86. The molecule has 110 valence electrons. The molecule has 0 radical (unpaired) electrons. The van der Waals surface area contributed by atoms with E-state index in [4.69, 9.17) is 5.73 Å². The molecule has 0 bridgehead atoms. The second kappa shape index (κ2) is 5.20. The van der Waals surface area contributed by atoms with Gasteiger partial charge in [0.05, 0.1) is 0 Å². The van der Waals surface area contributed by atoms with Crippen molar-refractivity contribution >= 4 is 5.82 Å². The molecule has 20 heavy (non-hydrogen) atoms. The third-order valence-electron chi connectivity index (χ3n) is 4.86. The van der Waals surface area contributed by atoms with Gasteiger partial charge in [0.1, 0.15) is 0 Å². The number of rotatable bonds is 2. The van der Waals surface area contributed by atoms with Gasteiger partial charge in [-0.25, -0.2) is 4.98 Å². The van der Waals surface area contributed by atoms with Gasteiger partial charge in [-0.2, -0.15) is 0 Å². The molecular formula is C15H24N4O. The van der Waals surface area contributed by atoms with Crippen molar-refractivity contribution in [3.8, 4) is 0 Å². The van der Waals surface area contributed by atoms with Crippen LogP contribution in [0.2, 0.25) is 0 Å². The smallest absolute Gasteiger partial charge is 0.293 e. The van der Waals surface area contributed by atoms with Gasteiger partial charge in [-0.15, -0.1) is 0 Å². The fraction of sp³-hybridized carbons (Fsp3) is 0.733. The lowest BCUT2D eigenvalue weighted by Gasteiger charge is -2.29. The van der Waals surface area contributed by atoms with E-state index in [-0.39, 0.29) is 17.6 Å². The maximum Gasteiger partial charge on any atom is 0.293 e. The van der Waals surface area contributed by atoms with Crippen LogP contribution in [0.15, 0.2) is 17.2 Å². The second-order valence-corrected chi connectivity index (χ2v) is 6.48. The normalized spacial score (nSPS) is 29.8. The first-order valence-electron chi connectivity index (χ1n) is 7.65. The summed E-state index contributed by atoms with van der Waals surface area (Å²) in [4.78, 5) is 19.0. The Kier molecular flexibility index (Phi) is 3.54. The second-order valence-electron chi connectivity index (χ2n) is 6.48. The van der Waals surface area contributed by atoms with Crippen LogP contribution in [0.25, 0.3) is 0 Å². The highest BCUT2D eigenvalue weighted by molar-refractivity contribution is 5.38. The molecular weight excluding hydrogens is 252 g/mol. The van der Waals surface area contributed by atoms with Crippen LogP contribution in [0.4, 0.5) is 5.82 Å². The van der Waals surface area contributed by atoms with Crippen molar-refractivity contribution < 1.29 is 0 Å². The molecule has 1 aromatic heterocycles. The van der Waals surface area contributed by atoms with Gasteiger partial charge in [0, 0.05) is 37.6 Å². The van der Waals surface area contributed by atoms with E-state index in [2.05, 4.69) is 9.88 Å². The number of nitrogens with two attached hydrogens (primary N) is 1. The molecule has 3 rings (SSSR count). The molecule has 0 spiro atoms. The van der Waals surface area contributed by atoms with E-state index in [0.29, 0.717) is 17.7 Å². The van der Waals surface area contributed by atoms with Gasteiger partial charge in [-0.1, -0.05) is 6.42 Å². The van der Waals surface area contributed by atoms with Crippen LogP contribution in [0, 0.1) is 11.8 Å². The zero-order chi connectivity index (χ0) is 14.3. The average molecular weight is 276 g/mol. The Bertz CT molecular complexity index is 539. The van der Waals surface area contributed by atoms with Gasteiger partial charge < -0.3 is 15.2 Å². The largest absolute Gasteiger partial charge is 0.351 e. The summed E-state index contributed by atoms with van der Waals surface area (Å²) in [5.41, 5.74) is 6.27. The Morgan fingerprint density at radius 1 is 1.35 bits per heavy atom. The SMILES string of the molecule is CC(C)n1ccnc(N2CC3CCCC(N)C3C2)c1=O. The minimum absolute atomic E-state index is 0.0229. The molecule has 1 saturated carbocycles. The average Bonchev–Trinajstić information content (AvgIpc) is 2.84. The lowest BCUT2D eigenvalue weighted by molar-refractivity contribution is 0.260. The molecule has 5 heteroatoms. The first-order valence-corrected chi connectivity index (χ1v) is 7.65. The summed E-state index contributed by atoms with van der Waals surface area (Å²) in [6.07, 6.45) is 7.08. The highest BCUT2D eigenvalue weighted by atomic mass is 16.1. The Balaban J connectivity index is 1.88. The molecule has 2 fully saturated rings. The summed E-state index contributed by atoms with van der Waals surface area (Å²) in [5.74, 6) is 1.76. The standard InChI is InChI=1S/C15H24N4O/c1-10(2)19-7-6-17-14(15(19)20)18-8-11-4-3-5-13(16)12(11)9-18/h6-7,10-13H,3-5,8-9,16H2,1-2H3. The number of nitrogens with zero attached hydrogens (tertiary/aromatic N) is 3. The summed E-state index contributed by atoms with van der Waals surface area (Å²) >= 11 is 0. The van der Waals surface area contributed by atoms with E-state index in [1.54, 1.807) is 17.0 Å². The topological polar surface area (TPSA) is 64.2 Å². The van der Waals surface area contributed by atoms with E-state index in [1.165, 1.54) is 12.8 Å². The van der Waals surface area contributed by atoms with Crippen molar-refractivity contribution in [3.05, 3.63) is 22.7 Å². The van der Waals surface area contributed by atoms with E-state index < -0.39 is 0 Å². The van der Waals surface area contributed by atoms with Crippen LogP contribution >= 0.6 is 0 Å². The number of hydrogen-bond donors (Lipinski definition) is 1. The number of anilines is 1. The molecule has 1 aliphatic carbocycles. The van der Waals surface area contributed by atoms with Crippen molar-refractivity contribution in [1.29, 1.82) is 0 Å². The zero-order valence-electron chi connectivity index (χ0n) is 12.3. The Morgan fingerprint density at radius 3 is 2.85 bits per heavy atom. The predicted octanol–water partition coefficient (Wildman–Crippen LogP) is 1.39. The van der Waals surface area contributed by atoms with E-state index in [9.17, 15) is 4.79 Å².